The molecule has 9 atom stereocenters. The fourth-order valence-electron chi connectivity index (χ4n) is 7.49. The van der Waals surface area contributed by atoms with E-state index in [4.69, 9.17) is 9.47 Å². The predicted octanol–water partition coefficient (Wildman–Crippen LogP) is 1.93. The number of ether oxygens (including phenoxy) is 2. The van der Waals surface area contributed by atoms with Crippen LogP contribution in [0.1, 0.15) is 40.0 Å². The van der Waals surface area contributed by atoms with Gasteiger partial charge < -0.3 is 19.7 Å². The van der Waals surface area contributed by atoms with E-state index in [1.807, 2.05) is 6.92 Å². The minimum absolute atomic E-state index is 0.0812. The van der Waals surface area contributed by atoms with Crippen LogP contribution in [-0.4, -0.2) is 63.9 Å². The van der Waals surface area contributed by atoms with E-state index in [-0.39, 0.29) is 37.1 Å². The average molecular weight is 513 g/mol. The predicted molar refractivity (Wildman–Crippen MR) is 112 cm³/mol. The first-order chi connectivity index (χ1) is 14.8. The number of aliphatic hydroxyl groups is 2. The molecule has 7 nitrogen and oxygen atoms in total. The first kappa shape index (κ1) is 22.4. The lowest BCUT2D eigenvalue weighted by atomic mass is 9.46. The van der Waals surface area contributed by atoms with Crippen LogP contribution >= 0.6 is 15.9 Å². The Hall–Kier alpha value is -1.42. The molecule has 0 bridgehead atoms. The number of hydrogen-bond donors (Lipinski definition) is 2. The molecule has 4 aliphatic carbocycles. The van der Waals surface area contributed by atoms with Crippen LogP contribution in [0.25, 0.3) is 0 Å². The van der Waals surface area contributed by atoms with Crippen molar-refractivity contribution in [3.63, 3.8) is 0 Å². The van der Waals surface area contributed by atoms with Crippen molar-refractivity contribution in [2.24, 2.45) is 22.7 Å². The summed E-state index contributed by atoms with van der Waals surface area (Å²) in [5.41, 5.74) is -4.45. The fourth-order valence-corrected chi connectivity index (χ4v) is 8.06. The molecule has 2 N–H and O–H groups in total. The third-order valence-electron chi connectivity index (χ3n) is 9.03. The highest BCUT2D eigenvalue weighted by Gasteiger charge is 2.83. The van der Waals surface area contributed by atoms with Crippen molar-refractivity contribution in [1.29, 1.82) is 0 Å². The zero-order valence-electron chi connectivity index (χ0n) is 18.1. The number of carbonyl (C=O) groups is 3. The zero-order chi connectivity index (χ0) is 23.4. The second-order valence-electron chi connectivity index (χ2n) is 10.3. The zero-order valence-corrected chi connectivity index (χ0v) is 19.6. The van der Waals surface area contributed by atoms with Crippen LogP contribution in [-0.2, 0) is 23.9 Å². The van der Waals surface area contributed by atoms with E-state index in [0.29, 0.717) is 10.1 Å². The largest absolute Gasteiger partial charge is 0.458 e. The summed E-state index contributed by atoms with van der Waals surface area (Å²) in [6.07, 6.45) is 0.430. The summed E-state index contributed by atoms with van der Waals surface area (Å²) in [7, 11) is 0. The molecule has 5 aliphatic rings. The van der Waals surface area contributed by atoms with Gasteiger partial charge in [-0.1, -0.05) is 13.0 Å². The summed E-state index contributed by atoms with van der Waals surface area (Å²) in [5, 5.41) is 22.4. The Morgan fingerprint density at radius 1 is 1.31 bits per heavy atom. The van der Waals surface area contributed by atoms with Gasteiger partial charge in [-0.25, -0.2) is 4.39 Å². The first-order valence-corrected chi connectivity index (χ1v) is 11.7. The molecule has 9 heteroatoms. The quantitative estimate of drug-likeness (QED) is 0.438. The van der Waals surface area contributed by atoms with Gasteiger partial charge in [0.2, 0.25) is 5.78 Å². The van der Waals surface area contributed by atoms with E-state index < -0.39 is 58.6 Å². The van der Waals surface area contributed by atoms with Gasteiger partial charge in [-0.15, -0.1) is 0 Å². The van der Waals surface area contributed by atoms with Crippen molar-refractivity contribution in [1.82, 2.24) is 0 Å². The molecular weight excluding hydrogens is 487 g/mol. The highest BCUT2D eigenvalue weighted by molar-refractivity contribution is 9.12. The number of carbonyl (C=O) groups excluding carboxylic acids is 3. The molecule has 6 unspecified atom stereocenters. The Balaban J connectivity index is 1.56. The molecule has 0 radical (unpaired) electrons. The Bertz CT molecular complexity index is 1010. The van der Waals surface area contributed by atoms with Gasteiger partial charge in [-0.05, 0) is 65.6 Å². The topological polar surface area (TPSA) is 113 Å². The molecule has 3 saturated carbocycles. The van der Waals surface area contributed by atoms with E-state index in [1.54, 1.807) is 13.0 Å². The third-order valence-corrected chi connectivity index (χ3v) is 9.65. The molecule has 1 heterocycles. The van der Waals surface area contributed by atoms with Crippen LogP contribution in [0.15, 0.2) is 22.2 Å². The number of esters is 1. The summed E-state index contributed by atoms with van der Waals surface area (Å²) < 4.78 is 27.0. The number of allylic oxidation sites excluding steroid dienone is 2. The highest BCUT2D eigenvalue weighted by atomic mass is 79.9. The maximum atomic E-state index is 15.5. The lowest BCUT2D eigenvalue weighted by molar-refractivity contribution is -0.178. The second-order valence-corrected chi connectivity index (χ2v) is 11.2. The maximum Gasteiger partial charge on any atom is 0.303 e. The van der Waals surface area contributed by atoms with Crippen LogP contribution in [0.3, 0.4) is 0 Å². The molecule has 0 aromatic heterocycles. The highest BCUT2D eigenvalue weighted by Crippen LogP contribution is 2.76. The van der Waals surface area contributed by atoms with Gasteiger partial charge in [-0.2, -0.15) is 0 Å². The van der Waals surface area contributed by atoms with E-state index in [2.05, 4.69) is 15.9 Å². The summed E-state index contributed by atoms with van der Waals surface area (Å²) in [6, 6.07) is 0. The second kappa shape index (κ2) is 6.58. The minimum Gasteiger partial charge on any atom is -0.458 e. The van der Waals surface area contributed by atoms with Crippen molar-refractivity contribution < 1.29 is 38.5 Å². The monoisotopic (exact) mass is 512 g/mol. The fraction of sp³-hybridized carbons (Fsp3) is 0.696. The van der Waals surface area contributed by atoms with Crippen LogP contribution in [0, 0.1) is 22.7 Å². The number of epoxide rings is 1. The minimum atomic E-state index is -2.13. The summed E-state index contributed by atoms with van der Waals surface area (Å²) >= 11 is 3.30. The Labute approximate surface area is 193 Å². The Morgan fingerprint density at radius 3 is 2.66 bits per heavy atom. The van der Waals surface area contributed by atoms with Crippen LogP contribution < -0.4 is 0 Å². The van der Waals surface area contributed by atoms with E-state index in [0.717, 1.165) is 6.92 Å². The summed E-state index contributed by atoms with van der Waals surface area (Å²) in [5.74, 6) is -2.48. The van der Waals surface area contributed by atoms with Gasteiger partial charge in [-0.3, -0.25) is 14.4 Å². The van der Waals surface area contributed by atoms with Crippen LogP contribution in [0.5, 0.6) is 0 Å². The van der Waals surface area contributed by atoms with Crippen LogP contribution in [0.4, 0.5) is 4.39 Å². The van der Waals surface area contributed by atoms with E-state index in [9.17, 15) is 24.6 Å². The van der Waals surface area contributed by atoms with Crippen molar-refractivity contribution in [2.45, 2.75) is 69.6 Å². The van der Waals surface area contributed by atoms with Gasteiger partial charge in [0.1, 0.15) is 11.8 Å². The number of hydrogen-bond acceptors (Lipinski definition) is 7. The number of rotatable bonds is 3. The van der Waals surface area contributed by atoms with Gasteiger partial charge >= 0.3 is 5.97 Å². The molecule has 32 heavy (non-hydrogen) atoms. The van der Waals surface area contributed by atoms with E-state index in [1.165, 1.54) is 6.08 Å². The number of aliphatic hydroxyl groups excluding tert-OH is 1. The molecule has 0 aromatic carbocycles. The number of Topliss-reactive ketones (excluding diaryl/α,β-unsaturated/α-hetero) is 1. The number of ketones is 2. The summed E-state index contributed by atoms with van der Waals surface area (Å²) in [4.78, 5) is 36.4. The Kier molecular flexibility index (Phi) is 4.60. The van der Waals surface area contributed by atoms with Crippen molar-refractivity contribution in [3.8, 4) is 0 Å². The molecule has 0 aromatic rings. The Morgan fingerprint density at radius 2 is 2.00 bits per heavy atom. The maximum absolute atomic E-state index is 15.5. The normalized spacial score (nSPS) is 50.8. The molecular formula is C23H26BrFO7. The SMILES string of the molecule is CC(=O)OCC(=O)[C@@]1(O)C(O)CC2C3CC(F)C4=CC(=O)C(Br)=C[C@]4(C)C34OC4C[C@@]21C. The lowest BCUT2D eigenvalue weighted by Crippen LogP contribution is -2.64. The van der Waals surface area contributed by atoms with Gasteiger partial charge in [0.25, 0.3) is 0 Å². The molecule has 5 rings (SSSR count). The third kappa shape index (κ3) is 2.43. The molecule has 1 aliphatic heterocycles. The number of halogens is 2. The summed E-state index contributed by atoms with van der Waals surface area (Å²) in [6.45, 7) is 4.13. The lowest BCUT2D eigenvalue weighted by Gasteiger charge is -2.56. The van der Waals surface area contributed by atoms with Gasteiger partial charge in [0.05, 0.1) is 16.7 Å². The molecule has 0 amide bonds. The van der Waals surface area contributed by atoms with Gasteiger partial charge in [0.15, 0.2) is 18.0 Å². The average Bonchev–Trinajstić information content (AvgIpc) is 3.39. The van der Waals surface area contributed by atoms with Crippen molar-refractivity contribution in [3.05, 3.63) is 22.2 Å². The van der Waals surface area contributed by atoms with Crippen LogP contribution in [0.2, 0.25) is 0 Å². The smallest absolute Gasteiger partial charge is 0.303 e. The first-order valence-electron chi connectivity index (χ1n) is 10.9. The van der Waals surface area contributed by atoms with Gasteiger partial charge in [0, 0.05) is 17.8 Å². The number of alkyl halides is 1. The number of fused-ring (bicyclic) bond motifs is 3. The van der Waals surface area contributed by atoms with Crippen molar-refractivity contribution in [2.75, 3.05) is 6.61 Å². The molecule has 174 valence electrons. The standard InChI is InChI=1S/C23H26BrFO7/c1-10(26)31-9-18(29)22(30)17(28)6-11-12-4-15(25)13-5-16(27)14(24)7-21(13,3)23(12)19(32-23)8-20(11,22)2/h5,7,11-12,15,17,19,28,30H,4,6,8-9H2,1-3H3/t11?,12?,15?,17?,19?,20-,21-,22-,23?/m0/s1. The molecule has 1 spiro atoms. The molecule has 1 saturated heterocycles. The van der Waals surface area contributed by atoms with Crippen molar-refractivity contribution >= 4 is 33.5 Å². The molecule has 4 fully saturated rings. The van der Waals surface area contributed by atoms with E-state index >= 15 is 4.39 Å².